The third-order valence-corrected chi connectivity index (χ3v) is 2.99. The van der Waals surface area contributed by atoms with Crippen molar-refractivity contribution in [2.75, 3.05) is 19.7 Å². The number of morpholine rings is 1. The zero-order chi connectivity index (χ0) is 13.0. The Kier molecular flexibility index (Phi) is 4.10. The summed E-state index contributed by atoms with van der Waals surface area (Å²) < 4.78 is 5.67. The molecule has 1 unspecified atom stereocenters. The summed E-state index contributed by atoms with van der Waals surface area (Å²) in [5.41, 5.74) is 1.07. The maximum atomic E-state index is 11.8. The van der Waals surface area contributed by atoms with Gasteiger partial charge >= 0.3 is 0 Å². The lowest BCUT2D eigenvalue weighted by atomic mass is 10.1. The molecule has 1 heterocycles. The van der Waals surface area contributed by atoms with E-state index in [9.17, 15) is 9.59 Å². The molecule has 1 aromatic carbocycles. The maximum Gasteiger partial charge on any atom is 0.230 e. The van der Waals surface area contributed by atoms with E-state index >= 15 is 0 Å². The van der Waals surface area contributed by atoms with E-state index in [1.165, 1.54) is 6.92 Å². The summed E-state index contributed by atoms with van der Waals surface area (Å²) in [6.07, 6.45) is -0.0996. The van der Waals surface area contributed by atoms with Crippen molar-refractivity contribution < 1.29 is 14.3 Å². The Bertz CT molecular complexity index is 430. The normalized spacial score (nSPS) is 19.6. The number of ketones is 1. The fourth-order valence-corrected chi connectivity index (χ4v) is 2.07. The van der Waals surface area contributed by atoms with Crippen LogP contribution in [0.4, 0.5) is 0 Å². The van der Waals surface area contributed by atoms with Crippen molar-refractivity contribution in [3.05, 3.63) is 35.9 Å². The van der Waals surface area contributed by atoms with Crippen LogP contribution in [0.1, 0.15) is 25.0 Å². The topological polar surface area (TPSA) is 46.6 Å². The van der Waals surface area contributed by atoms with Gasteiger partial charge in [0.1, 0.15) is 11.9 Å². The molecule has 0 spiro atoms. The Morgan fingerprint density at radius 2 is 2.06 bits per heavy atom. The molecule has 0 saturated carbocycles. The molecule has 1 fully saturated rings. The van der Waals surface area contributed by atoms with Crippen LogP contribution in [0, 0.1) is 0 Å². The van der Waals surface area contributed by atoms with Crippen LogP contribution in [0.2, 0.25) is 0 Å². The van der Waals surface area contributed by atoms with Crippen molar-refractivity contribution in [2.45, 2.75) is 19.4 Å². The number of carbonyl (C=O) groups is 2. The first-order chi connectivity index (χ1) is 8.66. The standard InChI is InChI=1S/C14H17NO3/c1-11(16)9-14(17)15-7-8-18-13(10-15)12-5-3-2-4-6-12/h2-6,13H,7-10H2,1H3. The van der Waals surface area contributed by atoms with Gasteiger partial charge < -0.3 is 9.64 Å². The largest absolute Gasteiger partial charge is 0.370 e. The summed E-state index contributed by atoms with van der Waals surface area (Å²) in [4.78, 5) is 24.5. The monoisotopic (exact) mass is 247 g/mol. The van der Waals surface area contributed by atoms with E-state index in [2.05, 4.69) is 0 Å². The van der Waals surface area contributed by atoms with Crippen molar-refractivity contribution in [3.63, 3.8) is 0 Å². The summed E-state index contributed by atoms with van der Waals surface area (Å²) in [5.74, 6) is -0.200. The van der Waals surface area contributed by atoms with Crippen LogP contribution in [-0.4, -0.2) is 36.3 Å². The third kappa shape index (κ3) is 3.17. The minimum absolute atomic E-state index is 0.0124. The number of Topliss-reactive ketones (excluding diaryl/α,β-unsaturated/α-hetero) is 1. The molecular weight excluding hydrogens is 230 g/mol. The number of rotatable bonds is 3. The van der Waals surface area contributed by atoms with Crippen LogP contribution in [0.3, 0.4) is 0 Å². The fraction of sp³-hybridized carbons (Fsp3) is 0.429. The molecule has 2 rings (SSSR count). The van der Waals surface area contributed by atoms with Gasteiger partial charge in [-0.25, -0.2) is 0 Å². The van der Waals surface area contributed by atoms with Crippen molar-refractivity contribution in [1.82, 2.24) is 4.90 Å². The maximum absolute atomic E-state index is 11.8. The molecule has 0 aliphatic carbocycles. The number of nitrogens with zero attached hydrogens (tertiary/aromatic N) is 1. The molecule has 1 atom stereocenters. The molecule has 4 heteroatoms. The Morgan fingerprint density at radius 1 is 1.33 bits per heavy atom. The number of amides is 1. The summed E-state index contributed by atoms with van der Waals surface area (Å²) in [6, 6.07) is 9.84. The van der Waals surface area contributed by atoms with Gasteiger partial charge in [-0.3, -0.25) is 9.59 Å². The summed E-state index contributed by atoms with van der Waals surface area (Å²) in [7, 11) is 0. The molecule has 0 aromatic heterocycles. The van der Waals surface area contributed by atoms with Gasteiger partial charge in [0.25, 0.3) is 0 Å². The number of benzene rings is 1. The van der Waals surface area contributed by atoms with Gasteiger partial charge in [-0.2, -0.15) is 0 Å². The SMILES string of the molecule is CC(=O)CC(=O)N1CCOC(c2ccccc2)C1. The molecule has 1 amide bonds. The summed E-state index contributed by atoms with van der Waals surface area (Å²) in [6.45, 7) is 3.04. The van der Waals surface area contributed by atoms with Gasteiger partial charge in [0.15, 0.2) is 0 Å². The lowest BCUT2D eigenvalue weighted by Gasteiger charge is -2.33. The molecule has 0 bridgehead atoms. The number of ether oxygens (including phenoxy) is 1. The van der Waals surface area contributed by atoms with Crippen molar-refractivity contribution in [3.8, 4) is 0 Å². The van der Waals surface area contributed by atoms with E-state index < -0.39 is 0 Å². The molecule has 1 aromatic rings. The average Bonchev–Trinajstić information content (AvgIpc) is 2.39. The van der Waals surface area contributed by atoms with Crippen LogP contribution < -0.4 is 0 Å². The van der Waals surface area contributed by atoms with Crippen molar-refractivity contribution in [2.24, 2.45) is 0 Å². The van der Waals surface area contributed by atoms with Crippen molar-refractivity contribution in [1.29, 1.82) is 0 Å². The van der Waals surface area contributed by atoms with E-state index in [4.69, 9.17) is 4.74 Å². The first-order valence-corrected chi connectivity index (χ1v) is 6.10. The van der Waals surface area contributed by atoms with Crippen LogP contribution in [-0.2, 0) is 14.3 Å². The molecular formula is C14H17NO3. The quantitative estimate of drug-likeness (QED) is 0.762. The highest BCUT2D eigenvalue weighted by atomic mass is 16.5. The van der Waals surface area contributed by atoms with E-state index in [0.717, 1.165) is 5.56 Å². The molecule has 0 radical (unpaired) electrons. The van der Waals surface area contributed by atoms with Crippen LogP contribution in [0.25, 0.3) is 0 Å². The molecule has 1 saturated heterocycles. The van der Waals surface area contributed by atoms with E-state index in [0.29, 0.717) is 19.7 Å². The number of hydrogen-bond acceptors (Lipinski definition) is 3. The van der Waals surface area contributed by atoms with Gasteiger partial charge in [-0.05, 0) is 12.5 Å². The Balaban J connectivity index is 2.01. The predicted octanol–water partition coefficient (Wildman–Crippen LogP) is 1.57. The lowest BCUT2D eigenvalue weighted by molar-refractivity contribution is -0.141. The van der Waals surface area contributed by atoms with Crippen molar-refractivity contribution >= 4 is 11.7 Å². The van der Waals surface area contributed by atoms with Gasteiger partial charge in [-0.1, -0.05) is 30.3 Å². The molecule has 96 valence electrons. The summed E-state index contributed by atoms with van der Waals surface area (Å²) in [5, 5.41) is 0. The fourth-order valence-electron chi connectivity index (χ4n) is 2.07. The van der Waals surface area contributed by atoms with Crippen LogP contribution >= 0.6 is 0 Å². The molecule has 1 aliphatic rings. The first-order valence-electron chi connectivity index (χ1n) is 6.10. The van der Waals surface area contributed by atoms with E-state index in [1.54, 1.807) is 4.90 Å². The molecule has 18 heavy (non-hydrogen) atoms. The van der Waals surface area contributed by atoms with Gasteiger partial charge in [0.2, 0.25) is 5.91 Å². The first kappa shape index (κ1) is 12.8. The minimum Gasteiger partial charge on any atom is -0.370 e. The highest BCUT2D eigenvalue weighted by molar-refractivity contribution is 5.96. The second-order valence-corrected chi connectivity index (χ2v) is 4.49. The van der Waals surface area contributed by atoms with Gasteiger partial charge in [0.05, 0.1) is 19.6 Å². The average molecular weight is 247 g/mol. The van der Waals surface area contributed by atoms with Crippen LogP contribution in [0.15, 0.2) is 30.3 Å². The van der Waals surface area contributed by atoms with Gasteiger partial charge in [0, 0.05) is 6.54 Å². The molecule has 0 N–H and O–H groups in total. The second kappa shape index (κ2) is 5.78. The minimum atomic E-state index is -0.105. The molecule has 4 nitrogen and oxygen atoms in total. The second-order valence-electron chi connectivity index (χ2n) is 4.49. The third-order valence-electron chi connectivity index (χ3n) is 2.99. The highest BCUT2D eigenvalue weighted by Crippen LogP contribution is 2.22. The Hall–Kier alpha value is -1.68. The predicted molar refractivity (Wildman–Crippen MR) is 67.0 cm³/mol. The van der Waals surface area contributed by atoms with Crippen LogP contribution in [0.5, 0.6) is 0 Å². The highest BCUT2D eigenvalue weighted by Gasteiger charge is 2.25. The Morgan fingerprint density at radius 3 is 2.72 bits per heavy atom. The number of carbonyl (C=O) groups excluding carboxylic acids is 2. The lowest BCUT2D eigenvalue weighted by Crippen LogP contribution is -2.42. The smallest absolute Gasteiger partial charge is 0.230 e. The summed E-state index contributed by atoms with van der Waals surface area (Å²) >= 11 is 0. The zero-order valence-corrected chi connectivity index (χ0v) is 10.5. The number of hydrogen-bond donors (Lipinski definition) is 0. The zero-order valence-electron chi connectivity index (χ0n) is 10.5. The van der Waals surface area contributed by atoms with E-state index in [1.807, 2.05) is 30.3 Å². The molecule has 1 aliphatic heterocycles. The van der Waals surface area contributed by atoms with E-state index in [-0.39, 0.29) is 24.2 Å². The van der Waals surface area contributed by atoms with Gasteiger partial charge in [-0.15, -0.1) is 0 Å². The Labute approximate surface area is 107 Å².